The first-order valence-corrected chi connectivity index (χ1v) is 6.85. The van der Waals surface area contributed by atoms with Gasteiger partial charge in [-0.15, -0.1) is 0 Å². The Bertz CT molecular complexity index is 356. The maximum Gasteiger partial charge on any atom is 0.0860 e. The predicted molar refractivity (Wildman–Crippen MR) is 74.7 cm³/mol. The van der Waals surface area contributed by atoms with Gasteiger partial charge in [0.25, 0.3) is 0 Å². The van der Waals surface area contributed by atoms with Crippen LogP contribution < -0.4 is 5.32 Å². The van der Waals surface area contributed by atoms with Crippen molar-refractivity contribution >= 4 is 0 Å². The van der Waals surface area contributed by atoms with Gasteiger partial charge in [0.1, 0.15) is 0 Å². The number of nitrogens with zero attached hydrogens (tertiary/aromatic N) is 2. The molecule has 104 valence electrons. The van der Waals surface area contributed by atoms with Crippen molar-refractivity contribution < 1.29 is 4.74 Å². The molecule has 4 heteroatoms. The van der Waals surface area contributed by atoms with Gasteiger partial charge in [0, 0.05) is 13.7 Å². The van der Waals surface area contributed by atoms with Crippen molar-refractivity contribution in [1.82, 2.24) is 15.1 Å². The van der Waals surface area contributed by atoms with Gasteiger partial charge in [0.15, 0.2) is 0 Å². The molecule has 0 aromatic carbocycles. The SMILES string of the molecule is CCNC(c1c(C)cnn1C)C(C)(CC)OCC. The van der Waals surface area contributed by atoms with Crippen molar-refractivity contribution in [2.24, 2.45) is 7.05 Å². The number of nitrogens with one attached hydrogen (secondary N) is 1. The summed E-state index contributed by atoms with van der Waals surface area (Å²) in [4.78, 5) is 0. The minimum atomic E-state index is -0.205. The minimum Gasteiger partial charge on any atom is -0.374 e. The molecule has 1 heterocycles. The summed E-state index contributed by atoms with van der Waals surface area (Å²) in [5, 5.41) is 7.91. The van der Waals surface area contributed by atoms with E-state index in [-0.39, 0.29) is 11.6 Å². The fourth-order valence-electron chi connectivity index (χ4n) is 2.50. The van der Waals surface area contributed by atoms with Crippen LogP contribution in [0.1, 0.15) is 51.4 Å². The number of rotatable bonds is 7. The van der Waals surface area contributed by atoms with Crippen LogP contribution >= 0.6 is 0 Å². The van der Waals surface area contributed by atoms with Crippen molar-refractivity contribution in [3.63, 3.8) is 0 Å². The van der Waals surface area contributed by atoms with Crippen LogP contribution in [0, 0.1) is 6.92 Å². The molecule has 1 N–H and O–H groups in total. The number of ether oxygens (including phenoxy) is 1. The standard InChI is InChI=1S/C14H27N3O/c1-7-14(5,18-9-3)13(15-8-2)12-11(4)10-16-17(12)6/h10,13,15H,7-9H2,1-6H3. The summed E-state index contributed by atoms with van der Waals surface area (Å²) < 4.78 is 7.98. The van der Waals surface area contributed by atoms with Gasteiger partial charge >= 0.3 is 0 Å². The van der Waals surface area contributed by atoms with E-state index in [1.165, 1.54) is 11.3 Å². The van der Waals surface area contributed by atoms with Crippen LogP contribution in [0.5, 0.6) is 0 Å². The van der Waals surface area contributed by atoms with E-state index in [1.54, 1.807) is 0 Å². The second-order valence-corrected chi connectivity index (χ2v) is 4.93. The molecular formula is C14H27N3O. The van der Waals surface area contributed by atoms with Crippen LogP contribution in [0.25, 0.3) is 0 Å². The molecule has 1 aromatic heterocycles. The molecule has 2 unspecified atom stereocenters. The van der Waals surface area contributed by atoms with Crippen LogP contribution in [0.15, 0.2) is 6.20 Å². The van der Waals surface area contributed by atoms with Gasteiger partial charge < -0.3 is 10.1 Å². The van der Waals surface area contributed by atoms with Gasteiger partial charge in [0.2, 0.25) is 0 Å². The highest BCUT2D eigenvalue weighted by molar-refractivity contribution is 5.22. The third-order valence-corrected chi connectivity index (χ3v) is 3.65. The quantitative estimate of drug-likeness (QED) is 0.812. The van der Waals surface area contributed by atoms with Crippen molar-refractivity contribution in [2.45, 2.75) is 52.7 Å². The highest BCUT2D eigenvalue weighted by Crippen LogP contribution is 2.33. The summed E-state index contributed by atoms with van der Waals surface area (Å²) in [7, 11) is 1.99. The maximum absolute atomic E-state index is 6.02. The molecule has 0 radical (unpaired) electrons. The van der Waals surface area contributed by atoms with E-state index in [1.807, 2.05) is 24.9 Å². The van der Waals surface area contributed by atoms with Gasteiger partial charge in [-0.25, -0.2) is 0 Å². The van der Waals surface area contributed by atoms with Crippen molar-refractivity contribution in [3.05, 3.63) is 17.5 Å². The second kappa shape index (κ2) is 6.34. The van der Waals surface area contributed by atoms with E-state index in [0.29, 0.717) is 0 Å². The van der Waals surface area contributed by atoms with Gasteiger partial charge in [0.05, 0.1) is 23.5 Å². The Labute approximate surface area is 111 Å². The number of hydrogen-bond donors (Lipinski definition) is 1. The molecule has 1 rings (SSSR count). The van der Waals surface area contributed by atoms with Crippen LogP contribution in [0.4, 0.5) is 0 Å². The lowest BCUT2D eigenvalue weighted by molar-refractivity contribution is -0.0578. The lowest BCUT2D eigenvalue weighted by Crippen LogP contribution is -2.44. The minimum absolute atomic E-state index is 0.167. The number of aryl methyl sites for hydroxylation is 2. The third kappa shape index (κ3) is 2.93. The Morgan fingerprint density at radius 1 is 1.44 bits per heavy atom. The summed E-state index contributed by atoms with van der Waals surface area (Å²) in [6.07, 6.45) is 2.88. The van der Waals surface area contributed by atoms with E-state index in [9.17, 15) is 0 Å². The van der Waals surface area contributed by atoms with Gasteiger partial charge in [-0.1, -0.05) is 13.8 Å². The summed E-state index contributed by atoms with van der Waals surface area (Å²) in [6, 6.07) is 0.167. The van der Waals surface area contributed by atoms with Crippen LogP contribution in [0.2, 0.25) is 0 Å². The molecule has 0 bridgehead atoms. The van der Waals surface area contributed by atoms with Gasteiger partial charge in [-0.3, -0.25) is 4.68 Å². The average Bonchev–Trinajstić information content (AvgIpc) is 2.66. The van der Waals surface area contributed by atoms with E-state index in [2.05, 4.69) is 38.1 Å². The molecule has 0 spiro atoms. The Hall–Kier alpha value is -0.870. The number of hydrogen-bond acceptors (Lipinski definition) is 3. The summed E-state index contributed by atoms with van der Waals surface area (Å²) in [5.41, 5.74) is 2.22. The fourth-order valence-corrected chi connectivity index (χ4v) is 2.50. The van der Waals surface area contributed by atoms with E-state index in [0.717, 1.165) is 19.6 Å². The Balaban J connectivity index is 3.16. The average molecular weight is 253 g/mol. The highest BCUT2D eigenvalue weighted by atomic mass is 16.5. The maximum atomic E-state index is 6.02. The van der Waals surface area contributed by atoms with Crippen molar-refractivity contribution in [2.75, 3.05) is 13.2 Å². The molecule has 1 aromatic rings. The zero-order chi connectivity index (χ0) is 13.8. The first-order chi connectivity index (χ1) is 8.50. The Kier molecular flexibility index (Phi) is 5.35. The smallest absolute Gasteiger partial charge is 0.0860 e. The molecule has 18 heavy (non-hydrogen) atoms. The zero-order valence-corrected chi connectivity index (χ0v) is 12.6. The summed E-state index contributed by atoms with van der Waals surface area (Å²) in [5.74, 6) is 0. The lowest BCUT2D eigenvalue weighted by Gasteiger charge is -2.37. The van der Waals surface area contributed by atoms with Crippen LogP contribution in [-0.2, 0) is 11.8 Å². The van der Waals surface area contributed by atoms with E-state index in [4.69, 9.17) is 4.74 Å². The first-order valence-electron chi connectivity index (χ1n) is 6.85. The zero-order valence-electron chi connectivity index (χ0n) is 12.6. The molecule has 0 saturated carbocycles. The number of likely N-dealkylation sites (N-methyl/N-ethyl adjacent to an activating group) is 1. The van der Waals surface area contributed by atoms with E-state index < -0.39 is 0 Å². The molecule has 0 amide bonds. The van der Waals surface area contributed by atoms with Gasteiger partial charge in [-0.2, -0.15) is 5.10 Å². The molecule has 0 saturated heterocycles. The Morgan fingerprint density at radius 2 is 2.11 bits per heavy atom. The molecule has 0 aliphatic carbocycles. The highest BCUT2D eigenvalue weighted by Gasteiger charge is 2.36. The lowest BCUT2D eigenvalue weighted by atomic mass is 9.89. The first kappa shape index (κ1) is 15.2. The summed E-state index contributed by atoms with van der Waals surface area (Å²) in [6.45, 7) is 12.3. The molecule has 0 fully saturated rings. The molecule has 0 aliphatic heterocycles. The van der Waals surface area contributed by atoms with Crippen molar-refractivity contribution in [3.8, 4) is 0 Å². The largest absolute Gasteiger partial charge is 0.374 e. The van der Waals surface area contributed by atoms with E-state index >= 15 is 0 Å². The monoisotopic (exact) mass is 253 g/mol. The second-order valence-electron chi connectivity index (χ2n) is 4.93. The third-order valence-electron chi connectivity index (χ3n) is 3.65. The van der Waals surface area contributed by atoms with Crippen LogP contribution in [0.3, 0.4) is 0 Å². The van der Waals surface area contributed by atoms with Gasteiger partial charge in [-0.05, 0) is 39.3 Å². The predicted octanol–water partition coefficient (Wildman–Crippen LogP) is 2.58. The number of aromatic nitrogens is 2. The summed E-state index contributed by atoms with van der Waals surface area (Å²) >= 11 is 0. The molecular weight excluding hydrogens is 226 g/mol. The molecule has 0 aliphatic rings. The van der Waals surface area contributed by atoms with Crippen molar-refractivity contribution in [1.29, 1.82) is 0 Å². The molecule has 4 nitrogen and oxygen atoms in total. The van der Waals surface area contributed by atoms with Crippen LogP contribution in [-0.4, -0.2) is 28.5 Å². The topological polar surface area (TPSA) is 39.1 Å². The fraction of sp³-hybridized carbons (Fsp3) is 0.786. The Morgan fingerprint density at radius 3 is 2.50 bits per heavy atom. The molecule has 2 atom stereocenters. The normalized spacial score (nSPS) is 16.6.